The van der Waals surface area contributed by atoms with E-state index in [4.69, 9.17) is 9.98 Å². The number of hydrogen-bond donors (Lipinski definition) is 0. The fourth-order valence-corrected chi connectivity index (χ4v) is 15.7. The summed E-state index contributed by atoms with van der Waals surface area (Å²) < 4.78 is 0. The zero-order valence-electron chi connectivity index (χ0n) is 51.0. The van der Waals surface area contributed by atoms with Crippen molar-refractivity contribution in [2.75, 3.05) is 4.90 Å². The molecule has 2 aromatic heterocycles. The Morgan fingerprint density at radius 1 is 0.370 bits per heavy atom. The number of benzene rings is 6. The smallest absolute Gasteiger partial charge is 0.138 e. The van der Waals surface area contributed by atoms with Gasteiger partial charge in [-0.1, -0.05) is 232 Å². The number of aliphatic imine (C=N–C) groups is 2. The van der Waals surface area contributed by atoms with Crippen molar-refractivity contribution >= 4 is 52.0 Å². The highest BCUT2D eigenvalue weighted by Crippen LogP contribution is 2.55. The van der Waals surface area contributed by atoms with Gasteiger partial charge >= 0.3 is 0 Å². The summed E-state index contributed by atoms with van der Waals surface area (Å²) in [6, 6.07) is 66.9. The molecule has 0 spiro atoms. The molecule has 0 bridgehead atoms. The minimum Gasteiger partial charge on any atom is -0.280 e. The summed E-state index contributed by atoms with van der Waals surface area (Å²) in [6.45, 7) is 4.70. The maximum atomic E-state index is 5.12. The molecule has 92 heavy (non-hydrogen) atoms. The van der Waals surface area contributed by atoms with Crippen molar-refractivity contribution in [3.05, 3.63) is 398 Å². The molecule has 4 unspecified atom stereocenters. The van der Waals surface area contributed by atoms with Crippen molar-refractivity contribution in [2.24, 2.45) is 21.8 Å². The van der Waals surface area contributed by atoms with E-state index in [0.29, 0.717) is 0 Å². The highest BCUT2D eigenvalue weighted by molar-refractivity contribution is 6.13. The largest absolute Gasteiger partial charge is 0.280 e. The highest BCUT2D eigenvalue weighted by Gasteiger charge is 2.42. The van der Waals surface area contributed by atoms with E-state index >= 15 is 0 Å². The van der Waals surface area contributed by atoms with Crippen LogP contribution in [0, 0.1) is 11.8 Å². The van der Waals surface area contributed by atoms with Crippen molar-refractivity contribution in [2.45, 2.75) is 31.3 Å². The number of anilines is 3. The fourth-order valence-electron chi connectivity index (χ4n) is 15.7. The predicted molar refractivity (Wildman–Crippen MR) is 379 cm³/mol. The van der Waals surface area contributed by atoms with Gasteiger partial charge < -0.3 is 0 Å². The number of allylic oxidation sites excluding steroid dienone is 24. The van der Waals surface area contributed by atoms with Gasteiger partial charge in [-0.25, -0.2) is 9.97 Å². The Balaban J connectivity index is 0.000000136. The first-order valence-electron chi connectivity index (χ1n) is 32.0. The van der Waals surface area contributed by atoms with Crippen LogP contribution in [0.3, 0.4) is 0 Å². The van der Waals surface area contributed by atoms with Crippen LogP contribution in [-0.2, 0) is 5.41 Å². The minimum atomic E-state index is -0.000876. The van der Waals surface area contributed by atoms with Crippen LogP contribution in [0.5, 0.6) is 0 Å². The summed E-state index contributed by atoms with van der Waals surface area (Å²) in [7, 11) is 0. The van der Waals surface area contributed by atoms with Crippen molar-refractivity contribution in [3.8, 4) is 22.3 Å². The molecule has 8 aromatic rings. The Morgan fingerprint density at radius 3 is 1.38 bits per heavy atom. The number of aromatic nitrogens is 2. The van der Waals surface area contributed by atoms with Crippen LogP contribution in [0.2, 0.25) is 0 Å². The van der Waals surface area contributed by atoms with E-state index in [1.54, 1.807) is 0 Å². The summed E-state index contributed by atoms with van der Waals surface area (Å²) in [5.41, 5.74) is 34.8. The molecule has 5 nitrogen and oxygen atoms in total. The standard InChI is InChI=1S/C46H33N.C41H28N4/c1-46(2)41-11-7-6-10-37(41)38-21-18-32(26-42(38)46)29-12-14-30(15-13-29)36-20-16-31-17-23-40-44-33(19-22-39(36)43(31)44)24-34-25-35(27-47-45(34)40)28-8-4-3-5-9-28;1-2-8-27(9-3-1)32-25-31-24-30-16-20-35-34(19-14-29-15-21-36(40(30)39(29)35)41(31)44-26-32)28-12-17-33(18-13-28)45(37-10-4-6-22-42-37)38-11-5-7-23-43-38/h3-27,43,45H,1-2H3;1-26,39,41H. The van der Waals surface area contributed by atoms with Crippen molar-refractivity contribution < 1.29 is 0 Å². The first-order chi connectivity index (χ1) is 45.4. The number of rotatable bonds is 8. The lowest BCUT2D eigenvalue weighted by Gasteiger charge is -2.40. The molecule has 434 valence electrons. The van der Waals surface area contributed by atoms with Crippen LogP contribution in [0.25, 0.3) is 44.5 Å². The van der Waals surface area contributed by atoms with Gasteiger partial charge in [-0.05, 0) is 212 Å². The second-order valence-electron chi connectivity index (χ2n) is 25.6. The topological polar surface area (TPSA) is 53.7 Å². The molecule has 0 N–H and O–H groups in total. The first-order valence-corrected chi connectivity index (χ1v) is 32.0. The Morgan fingerprint density at radius 2 is 0.848 bits per heavy atom. The molecule has 0 fully saturated rings. The van der Waals surface area contributed by atoms with E-state index in [9.17, 15) is 0 Å². The molecule has 4 heterocycles. The van der Waals surface area contributed by atoms with Crippen LogP contribution in [0.4, 0.5) is 17.3 Å². The molecule has 2 aliphatic heterocycles. The Labute approximate surface area is 537 Å². The summed E-state index contributed by atoms with van der Waals surface area (Å²) in [5.74, 6) is 2.10. The van der Waals surface area contributed by atoms with Crippen molar-refractivity contribution in [3.63, 3.8) is 0 Å². The average molecular weight is 1180 g/mol. The van der Waals surface area contributed by atoms with Gasteiger partial charge in [0, 0.05) is 47.8 Å². The molecular weight excluding hydrogens is 1110 g/mol. The molecule has 0 amide bonds. The number of dihydropyridines is 2. The van der Waals surface area contributed by atoms with Gasteiger partial charge in [0.1, 0.15) is 23.7 Å². The van der Waals surface area contributed by atoms with Crippen molar-refractivity contribution in [1.82, 2.24) is 9.97 Å². The highest BCUT2D eigenvalue weighted by atomic mass is 15.2. The SMILES string of the molecule is C1=CC(c2ccc(N(c3ccccn3)c3ccccn3)cc2)=C2C=CC3=C4C(=CC=C1C24)C1N=CC(c2ccccc2)=CC1=C3.CC1(C)c2ccccc2-c2ccc(-c3ccc(C4=C5C=CC6=C7C(=CC=C(C=C4)C57)C4N=CC(c5ccccc5)=CC4=C6)cc3)cc21. The first kappa shape index (κ1) is 53.6. The second kappa shape index (κ2) is 21.4. The van der Waals surface area contributed by atoms with Gasteiger partial charge in [-0.2, -0.15) is 0 Å². The second-order valence-corrected chi connectivity index (χ2v) is 25.6. The lowest BCUT2D eigenvalue weighted by atomic mass is 9.65. The van der Waals surface area contributed by atoms with E-state index in [1.807, 2.05) is 55.0 Å². The van der Waals surface area contributed by atoms with E-state index in [-0.39, 0.29) is 29.3 Å². The molecule has 0 radical (unpaired) electrons. The van der Waals surface area contributed by atoms with E-state index < -0.39 is 0 Å². The molecule has 9 aliphatic carbocycles. The zero-order valence-corrected chi connectivity index (χ0v) is 51.0. The zero-order chi connectivity index (χ0) is 61.0. The maximum absolute atomic E-state index is 5.12. The Bertz CT molecular complexity index is 5070. The lowest BCUT2D eigenvalue weighted by Crippen LogP contribution is -2.29. The molecule has 6 aromatic carbocycles. The quantitative estimate of drug-likeness (QED) is 0.152. The minimum absolute atomic E-state index is 0.000876. The van der Waals surface area contributed by atoms with Gasteiger partial charge in [-0.3, -0.25) is 14.9 Å². The molecular formula is C87H61N5. The van der Waals surface area contributed by atoms with E-state index in [0.717, 1.165) is 22.9 Å². The number of pyridine rings is 2. The van der Waals surface area contributed by atoms with Crippen LogP contribution in [0.15, 0.2) is 375 Å². The molecule has 0 saturated heterocycles. The van der Waals surface area contributed by atoms with E-state index in [1.165, 1.54) is 139 Å². The monoisotopic (exact) mass is 1180 g/mol. The predicted octanol–water partition coefficient (Wildman–Crippen LogP) is 19.9. The molecule has 11 aliphatic rings. The molecule has 19 rings (SSSR count). The van der Waals surface area contributed by atoms with Crippen LogP contribution >= 0.6 is 0 Å². The van der Waals surface area contributed by atoms with Crippen molar-refractivity contribution in [1.29, 1.82) is 0 Å². The molecule has 4 atom stereocenters. The third kappa shape index (κ3) is 8.75. The molecule has 0 saturated carbocycles. The Kier molecular flexibility index (Phi) is 12.5. The summed E-state index contributed by atoms with van der Waals surface area (Å²) >= 11 is 0. The molecule has 5 heteroatoms. The third-order valence-electron chi connectivity index (χ3n) is 20.2. The normalized spacial score (nSPS) is 21.3. The summed E-state index contributed by atoms with van der Waals surface area (Å²) in [6.07, 6.45) is 44.8. The Hall–Kier alpha value is -11.4. The van der Waals surface area contributed by atoms with Gasteiger partial charge in [-0.15, -0.1) is 0 Å². The van der Waals surface area contributed by atoms with E-state index in [2.05, 4.69) is 284 Å². The fraction of sp³-hybridized carbons (Fsp3) is 0.0805. The average Bonchev–Trinajstić information content (AvgIpc) is 0.768. The third-order valence-corrected chi connectivity index (χ3v) is 20.2. The number of fused-ring (bicyclic) bond motifs is 7. The number of nitrogens with zero attached hydrogens (tertiary/aromatic N) is 5. The van der Waals surface area contributed by atoms with Crippen LogP contribution < -0.4 is 4.90 Å². The van der Waals surface area contributed by atoms with Gasteiger partial charge in [0.15, 0.2) is 0 Å². The lowest BCUT2D eigenvalue weighted by molar-refractivity contribution is 0.660. The van der Waals surface area contributed by atoms with Gasteiger partial charge in [0.25, 0.3) is 0 Å². The maximum Gasteiger partial charge on any atom is 0.138 e. The summed E-state index contributed by atoms with van der Waals surface area (Å²) in [4.78, 5) is 21.6. The van der Waals surface area contributed by atoms with Crippen LogP contribution in [0.1, 0.15) is 47.2 Å². The number of hydrogen-bond acceptors (Lipinski definition) is 5. The summed E-state index contributed by atoms with van der Waals surface area (Å²) in [5, 5.41) is 0. The van der Waals surface area contributed by atoms with Gasteiger partial charge in [0.2, 0.25) is 0 Å². The van der Waals surface area contributed by atoms with Gasteiger partial charge in [0.05, 0.1) is 0 Å². The van der Waals surface area contributed by atoms with Crippen LogP contribution in [-0.4, -0.2) is 34.5 Å².